The normalized spacial score (nSPS) is 23.4. The number of hydrogen-bond donors (Lipinski definition) is 0. The molecule has 7 heteroatoms. The van der Waals surface area contributed by atoms with Crippen LogP contribution in [0.2, 0.25) is 0 Å². The van der Waals surface area contributed by atoms with Crippen LogP contribution in [-0.4, -0.2) is 25.3 Å². The van der Waals surface area contributed by atoms with Crippen molar-refractivity contribution in [1.82, 2.24) is 9.55 Å². The van der Waals surface area contributed by atoms with Crippen LogP contribution in [0.25, 0.3) is 11.0 Å². The van der Waals surface area contributed by atoms with E-state index in [9.17, 15) is 13.0 Å². The molecule has 0 N–H and O–H groups in total. The molecule has 3 nitrogen and oxygen atoms in total. The fraction of sp³-hybridized carbons (Fsp3) is 0.462. The van der Waals surface area contributed by atoms with Gasteiger partial charge in [0.2, 0.25) is 0 Å². The number of aromatic nitrogens is 2. The molecular formula is C13H13ClF2N2OS. The van der Waals surface area contributed by atoms with Crippen molar-refractivity contribution in [3.8, 4) is 0 Å². The average molecular weight is 319 g/mol. The number of fused-ring (bicyclic) bond motifs is 1. The molecule has 1 saturated heterocycles. The summed E-state index contributed by atoms with van der Waals surface area (Å²) in [6.07, 6.45) is 1.42. The molecule has 0 unspecified atom stereocenters. The van der Waals surface area contributed by atoms with E-state index in [0.717, 1.165) is 6.07 Å². The van der Waals surface area contributed by atoms with E-state index in [-0.39, 0.29) is 17.4 Å². The van der Waals surface area contributed by atoms with E-state index in [4.69, 9.17) is 11.6 Å². The molecule has 0 atom stereocenters. The summed E-state index contributed by atoms with van der Waals surface area (Å²) in [4.78, 5) is 4.18. The molecule has 2 aromatic rings. The summed E-state index contributed by atoms with van der Waals surface area (Å²) < 4.78 is 40.5. The first kappa shape index (κ1) is 13.9. The third kappa shape index (κ3) is 2.35. The molecule has 0 spiro atoms. The van der Waals surface area contributed by atoms with Crippen molar-refractivity contribution in [2.24, 2.45) is 0 Å². The number of benzene rings is 1. The number of rotatable bonds is 2. The topological polar surface area (TPSA) is 34.9 Å². The number of imidazole rings is 1. The highest BCUT2D eigenvalue weighted by atomic mass is 35.5. The Balaban J connectivity index is 2.15. The quantitative estimate of drug-likeness (QED) is 0.797. The van der Waals surface area contributed by atoms with Crippen LogP contribution in [0, 0.1) is 11.6 Å². The summed E-state index contributed by atoms with van der Waals surface area (Å²) in [6, 6.07) is 2.16. The molecule has 1 aromatic heterocycles. The molecule has 0 aliphatic carbocycles. The predicted molar refractivity (Wildman–Crippen MR) is 75.4 cm³/mol. The zero-order valence-corrected chi connectivity index (χ0v) is 12.2. The summed E-state index contributed by atoms with van der Waals surface area (Å²) in [6.45, 7) is 0. The van der Waals surface area contributed by atoms with Gasteiger partial charge in [0.1, 0.15) is 17.2 Å². The first-order valence-corrected chi connectivity index (χ1v) is 8.39. The Kier molecular flexibility index (Phi) is 3.77. The van der Waals surface area contributed by atoms with E-state index < -0.39 is 22.4 Å². The molecule has 0 amide bonds. The van der Waals surface area contributed by atoms with Gasteiger partial charge in [-0.3, -0.25) is 4.21 Å². The van der Waals surface area contributed by atoms with Crippen LogP contribution < -0.4 is 0 Å². The molecular weight excluding hydrogens is 306 g/mol. The maximum Gasteiger partial charge on any atom is 0.153 e. The third-order valence-corrected chi connectivity index (χ3v) is 5.25. The van der Waals surface area contributed by atoms with Crippen molar-refractivity contribution in [3.63, 3.8) is 0 Å². The SMILES string of the molecule is O=S1CCC(n2c(CCl)nc3c(F)cc(F)cc32)CC1. The average Bonchev–Trinajstić information content (AvgIpc) is 2.78. The lowest BCUT2D eigenvalue weighted by Gasteiger charge is -2.25. The van der Waals surface area contributed by atoms with Gasteiger partial charge < -0.3 is 4.57 Å². The Bertz CT molecular complexity index is 679. The van der Waals surface area contributed by atoms with Crippen LogP contribution in [0.4, 0.5) is 8.78 Å². The minimum Gasteiger partial charge on any atom is -0.324 e. The molecule has 2 heterocycles. The van der Waals surface area contributed by atoms with E-state index in [1.807, 2.05) is 4.57 Å². The van der Waals surface area contributed by atoms with Crippen molar-refractivity contribution >= 4 is 33.4 Å². The van der Waals surface area contributed by atoms with E-state index in [0.29, 0.717) is 35.7 Å². The number of nitrogens with zero attached hydrogens (tertiary/aromatic N) is 2. The minimum absolute atomic E-state index is 0.0487. The minimum atomic E-state index is -0.788. The van der Waals surface area contributed by atoms with Gasteiger partial charge in [-0.25, -0.2) is 13.8 Å². The highest BCUT2D eigenvalue weighted by Crippen LogP contribution is 2.30. The van der Waals surface area contributed by atoms with Crippen LogP contribution in [-0.2, 0) is 16.7 Å². The molecule has 0 radical (unpaired) electrons. The molecule has 1 aliphatic heterocycles. The summed E-state index contributed by atoms with van der Waals surface area (Å²) in [7, 11) is -0.788. The summed E-state index contributed by atoms with van der Waals surface area (Å²) in [5.74, 6) is 0.563. The van der Waals surface area contributed by atoms with E-state index in [1.54, 1.807) is 0 Å². The van der Waals surface area contributed by atoms with Crippen molar-refractivity contribution in [1.29, 1.82) is 0 Å². The Hall–Kier alpha value is -1.01. The standard InChI is InChI=1S/C13H13ClF2N2OS/c14-7-12-17-13-10(16)5-8(15)6-11(13)18(12)9-1-3-20(19)4-2-9/h5-6,9H,1-4,7H2. The van der Waals surface area contributed by atoms with Crippen LogP contribution in [0.3, 0.4) is 0 Å². The molecule has 1 aromatic carbocycles. The van der Waals surface area contributed by atoms with E-state index in [2.05, 4.69) is 4.98 Å². The van der Waals surface area contributed by atoms with Crippen molar-refractivity contribution in [2.45, 2.75) is 24.8 Å². The van der Waals surface area contributed by atoms with Gasteiger partial charge in [0.05, 0.1) is 11.4 Å². The second-order valence-electron chi connectivity index (χ2n) is 4.87. The van der Waals surface area contributed by atoms with Gasteiger partial charge in [0.25, 0.3) is 0 Å². The molecule has 1 aliphatic rings. The third-order valence-electron chi connectivity index (χ3n) is 3.63. The first-order valence-electron chi connectivity index (χ1n) is 6.37. The Morgan fingerprint density at radius 3 is 2.70 bits per heavy atom. The van der Waals surface area contributed by atoms with Gasteiger partial charge >= 0.3 is 0 Å². The second-order valence-corrected chi connectivity index (χ2v) is 6.83. The van der Waals surface area contributed by atoms with Crippen molar-refractivity contribution in [3.05, 3.63) is 29.6 Å². The molecule has 108 valence electrons. The van der Waals surface area contributed by atoms with Crippen molar-refractivity contribution in [2.75, 3.05) is 11.5 Å². The van der Waals surface area contributed by atoms with Gasteiger partial charge in [-0.05, 0) is 18.9 Å². The van der Waals surface area contributed by atoms with Crippen molar-refractivity contribution < 1.29 is 13.0 Å². The Morgan fingerprint density at radius 1 is 1.35 bits per heavy atom. The fourth-order valence-electron chi connectivity index (χ4n) is 2.71. The van der Waals surface area contributed by atoms with Gasteiger partial charge in [-0.1, -0.05) is 0 Å². The number of alkyl halides is 1. The summed E-state index contributed by atoms with van der Waals surface area (Å²) in [5, 5.41) is 0. The lowest BCUT2D eigenvalue weighted by atomic mass is 10.1. The number of hydrogen-bond acceptors (Lipinski definition) is 2. The maximum atomic E-state index is 13.8. The summed E-state index contributed by atoms with van der Waals surface area (Å²) >= 11 is 5.88. The largest absolute Gasteiger partial charge is 0.324 e. The van der Waals surface area contributed by atoms with E-state index in [1.165, 1.54) is 6.07 Å². The Labute approximate surface area is 122 Å². The molecule has 3 rings (SSSR count). The van der Waals surface area contributed by atoms with Crippen LogP contribution in [0.1, 0.15) is 24.7 Å². The lowest BCUT2D eigenvalue weighted by Crippen LogP contribution is -2.22. The zero-order chi connectivity index (χ0) is 14.3. The lowest BCUT2D eigenvalue weighted by molar-refractivity contribution is 0.462. The fourth-order valence-corrected chi connectivity index (χ4v) is 4.17. The maximum absolute atomic E-state index is 13.8. The Morgan fingerprint density at radius 2 is 2.05 bits per heavy atom. The molecule has 0 saturated carbocycles. The molecule has 1 fully saturated rings. The van der Waals surface area contributed by atoms with Crippen LogP contribution >= 0.6 is 11.6 Å². The second kappa shape index (κ2) is 5.41. The highest BCUT2D eigenvalue weighted by Gasteiger charge is 2.25. The summed E-state index contributed by atoms with van der Waals surface area (Å²) in [5.41, 5.74) is 0.574. The van der Waals surface area contributed by atoms with Gasteiger partial charge in [-0.15, -0.1) is 11.6 Å². The zero-order valence-electron chi connectivity index (χ0n) is 10.6. The predicted octanol–water partition coefficient (Wildman–Crippen LogP) is 3.14. The molecule has 0 bridgehead atoms. The molecule has 20 heavy (non-hydrogen) atoms. The van der Waals surface area contributed by atoms with Gasteiger partial charge in [0.15, 0.2) is 5.82 Å². The first-order chi connectivity index (χ1) is 9.60. The monoisotopic (exact) mass is 318 g/mol. The smallest absolute Gasteiger partial charge is 0.153 e. The van der Waals surface area contributed by atoms with Gasteiger partial charge in [-0.2, -0.15) is 0 Å². The number of halogens is 3. The van der Waals surface area contributed by atoms with Crippen LogP contribution in [0.15, 0.2) is 12.1 Å². The highest BCUT2D eigenvalue weighted by molar-refractivity contribution is 7.85. The van der Waals surface area contributed by atoms with Gasteiger partial charge in [0, 0.05) is 34.4 Å². The van der Waals surface area contributed by atoms with Crippen LogP contribution in [0.5, 0.6) is 0 Å². The van der Waals surface area contributed by atoms with E-state index >= 15 is 0 Å².